The Balaban J connectivity index is 2.07. The van der Waals surface area contributed by atoms with Gasteiger partial charge in [0, 0.05) is 12.2 Å². The molecule has 0 amide bonds. The number of nitrogens with one attached hydrogen (secondary N) is 1. The SMILES string of the molecule is CCNC(CC1CCC1)c1ccc(C(F)(F)F)cn1. The van der Waals surface area contributed by atoms with Crippen LogP contribution in [0.15, 0.2) is 18.3 Å². The number of alkyl halides is 3. The van der Waals surface area contributed by atoms with Crippen LogP contribution in [0.2, 0.25) is 0 Å². The van der Waals surface area contributed by atoms with Crippen molar-refractivity contribution in [2.24, 2.45) is 5.92 Å². The summed E-state index contributed by atoms with van der Waals surface area (Å²) in [6.07, 6.45) is 1.30. The average molecular weight is 272 g/mol. The van der Waals surface area contributed by atoms with Crippen molar-refractivity contribution in [2.45, 2.75) is 44.8 Å². The van der Waals surface area contributed by atoms with Crippen LogP contribution in [0, 0.1) is 5.92 Å². The molecule has 1 aromatic heterocycles. The molecule has 1 aliphatic rings. The summed E-state index contributed by atoms with van der Waals surface area (Å²) in [6.45, 7) is 2.79. The van der Waals surface area contributed by atoms with Gasteiger partial charge in [-0.1, -0.05) is 26.2 Å². The van der Waals surface area contributed by atoms with Crippen LogP contribution in [0.5, 0.6) is 0 Å². The van der Waals surface area contributed by atoms with E-state index in [4.69, 9.17) is 0 Å². The molecule has 0 aromatic carbocycles. The number of pyridine rings is 1. The normalized spacial score (nSPS) is 18.1. The lowest BCUT2D eigenvalue weighted by Crippen LogP contribution is -2.26. The molecular formula is C14H19F3N2. The molecule has 1 aliphatic carbocycles. The molecule has 1 heterocycles. The fourth-order valence-corrected chi connectivity index (χ4v) is 2.40. The number of hydrogen-bond donors (Lipinski definition) is 1. The maximum absolute atomic E-state index is 12.5. The van der Waals surface area contributed by atoms with E-state index in [1.54, 1.807) is 0 Å². The van der Waals surface area contributed by atoms with Crippen molar-refractivity contribution in [1.29, 1.82) is 0 Å². The minimum Gasteiger partial charge on any atom is -0.309 e. The minimum absolute atomic E-state index is 0.0672. The molecule has 19 heavy (non-hydrogen) atoms. The first-order valence-corrected chi connectivity index (χ1v) is 6.77. The van der Waals surface area contributed by atoms with E-state index in [-0.39, 0.29) is 6.04 Å². The largest absolute Gasteiger partial charge is 0.417 e. The molecule has 2 nitrogen and oxygen atoms in total. The second-order valence-electron chi connectivity index (χ2n) is 5.11. The summed E-state index contributed by atoms with van der Waals surface area (Å²) in [5, 5.41) is 3.31. The van der Waals surface area contributed by atoms with E-state index >= 15 is 0 Å². The smallest absolute Gasteiger partial charge is 0.309 e. The monoisotopic (exact) mass is 272 g/mol. The van der Waals surface area contributed by atoms with Crippen LogP contribution in [0.4, 0.5) is 13.2 Å². The number of hydrogen-bond acceptors (Lipinski definition) is 2. The zero-order valence-corrected chi connectivity index (χ0v) is 11.0. The molecule has 1 N–H and O–H groups in total. The van der Waals surface area contributed by atoms with Crippen molar-refractivity contribution >= 4 is 0 Å². The fourth-order valence-electron chi connectivity index (χ4n) is 2.40. The Hall–Kier alpha value is -1.10. The first-order chi connectivity index (χ1) is 9.00. The summed E-state index contributed by atoms with van der Waals surface area (Å²) in [5.41, 5.74) is 0.0249. The van der Waals surface area contributed by atoms with Gasteiger partial charge in [-0.3, -0.25) is 4.98 Å². The Morgan fingerprint density at radius 2 is 2.11 bits per heavy atom. The molecule has 1 saturated carbocycles. The van der Waals surface area contributed by atoms with Gasteiger partial charge in [0.1, 0.15) is 0 Å². The van der Waals surface area contributed by atoms with Crippen molar-refractivity contribution in [3.63, 3.8) is 0 Å². The molecular weight excluding hydrogens is 253 g/mol. The van der Waals surface area contributed by atoms with Gasteiger partial charge in [-0.15, -0.1) is 0 Å². The van der Waals surface area contributed by atoms with Crippen LogP contribution in [0.3, 0.4) is 0 Å². The standard InChI is InChI=1S/C14H19F3N2/c1-2-18-13(8-10-4-3-5-10)12-7-6-11(9-19-12)14(15,16)17/h6-7,9-10,13,18H,2-5,8H2,1H3. The Kier molecular flexibility index (Phi) is 4.45. The van der Waals surface area contributed by atoms with Crippen LogP contribution in [-0.4, -0.2) is 11.5 Å². The first-order valence-electron chi connectivity index (χ1n) is 6.77. The van der Waals surface area contributed by atoms with Crippen molar-refractivity contribution in [1.82, 2.24) is 10.3 Å². The highest BCUT2D eigenvalue weighted by Gasteiger charge is 2.31. The Morgan fingerprint density at radius 1 is 1.37 bits per heavy atom. The maximum atomic E-state index is 12.5. The van der Waals surface area contributed by atoms with Gasteiger partial charge in [-0.2, -0.15) is 13.2 Å². The van der Waals surface area contributed by atoms with E-state index in [9.17, 15) is 13.2 Å². The van der Waals surface area contributed by atoms with E-state index in [0.717, 1.165) is 25.2 Å². The Bertz CT molecular complexity index is 396. The molecule has 1 atom stereocenters. The maximum Gasteiger partial charge on any atom is 0.417 e. The highest BCUT2D eigenvalue weighted by Crippen LogP contribution is 2.35. The summed E-state index contributed by atoms with van der Waals surface area (Å²) in [5.74, 6) is 0.688. The van der Waals surface area contributed by atoms with Gasteiger partial charge < -0.3 is 5.32 Å². The molecule has 2 rings (SSSR count). The topological polar surface area (TPSA) is 24.9 Å². The first kappa shape index (κ1) is 14.3. The molecule has 1 unspecified atom stereocenters. The van der Waals surface area contributed by atoms with Gasteiger partial charge in [0.15, 0.2) is 0 Å². The second kappa shape index (κ2) is 5.90. The Labute approximate surface area is 111 Å². The van der Waals surface area contributed by atoms with E-state index in [1.165, 1.54) is 25.3 Å². The quantitative estimate of drug-likeness (QED) is 0.878. The summed E-state index contributed by atoms with van der Waals surface area (Å²) >= 11 is 0. The van der Waals surface area contributed by atoms with Gasteiger partial charge >= 0.3 is 6.18 Å². The van der Waals surface area contributed by atoms with Gasteiger partial charge in [0.05, 0.1) is 11.3 Å². The van der Waals surface area contributed by atoms with E-state index in [0.29, 0.717) is 11.6 Å². The van der Waals surface area contributed by atoms with Gasteiger partial charge in [-0.05, 0) is 31.0 Å². The van der Waals surface area contributed by atoms with Crippen LogP contribution >= 0.6 is 0 Å². The van der Waals surface area contributed by atoms with E-state index < -0.39 is 11.7 Å². The Morgan fingerprint density at radius 3 is 2.53 bits per heavy atom. The lowest BCUT2D eigenvalue weighted by Gasteiger charge is -2.30. The lowest BCUT2D eigenvalue weighted by atomic mass is 9.80. The molecule has 1 aromatic rings. The van der Waals surface area contributed by atoms with Crippen LogP contribution in [-0.2, 0) is 6.18 Å². The van der Waals surface area contributed by atoms with Crippen molar-refractivity contribution < 1.29 is 13.2 Å². The third-order valence-corrected chi connectivity index (χ3v) is 3.72. The highest BCUT2D eigenvalue weighted by molar-refractivity contribution is 5.19. The molecule has 0 bridgehead atoms. The lowest BCUT2D eigenvalue weighted by molar-refractivity contribution is -0.137. The van der Waals surface area contributed by atoms with Crippen molar-refractivity contribution in [3.05, 3.63) is 29.6 Å². The summed E-state index contributed by atoms with van der Waals surface area (Å²) in [6, 6.07) is 2.68. The molecule has 0 spiro atoms. The van der Waals surface area contributed by atoms with Crippen LogP contribution in [0.1, 0.15) is 49.9 Å². The van der Waals surface area contributed by atoms with Gasteiger partial charge in [0.2, 0.25) is 0 Å². The van der Waals surface area contributed by atoms with Gasteiger partial charge in [-0.25, -0.2) is 0 Å². The molecule has 0 saturated heterocycles. The molecule has 0 radical (unpaired) electrons. The summed E-state index contributed by atoms with van der Waals surface area (Å²) in [4.78, 5) is 3.99. The molecule has 5 heteroatoms. The molecule has 106 valence electrons. The predicted octanol–water partition coefficient (Wildman–Crippen LogP) is 3.94. The zero-order valence-electron chi connectivity index (χ0n) is 11.0. The van der Waals surface area contributed by atoms with Gasteiger partial charge in [0.25, 0.3) is 0 Å². The minimum atomic E-state index is -4.31. The zero-order chi connectivity index (χ0) is 13.9. The summed E-state index contributed by atoms with van der Waals surface area (Å²) in [7, 11) is 0. The molecule has 1 fully saturated rings. The number of halogens is 3. The number of rotatable bonds is 5. The second-order valence-corrected chi connectivity index (χ2v) is 5.11. The molecule has 0 aliphatic heterocycles. The number of aromatic nitrogens is 1. The van der Waals surface area contributed by atoms with Crippen LogP contribution in [0.25, 0.3) is 0 Å². The third kappa shape index (κ3) is 3.69. The highest BCUT2D eigenvalue weighted by atomic mass is 19.4. The fraction of sp³-hybridized carbons (Fsp3) is 0.643. The van der Waals surface area contributed by atoms with Crippen LogP contribution < -0.4 is 5.32 Å². The van der Waals surface area contributed by atoms with E-state index in [2.05, 4.69) is 10.3 Å². The third-order valence-electron chi connectivity index (χ3n) is 3.72. The van der Waals surface area contributed by atoms with Crippen molar-refractivity contribution in [2.75, 3.05) is 6.54 Å². The van der Waals surface area contributed by atoms with Crippen molar-refractivity contribution in [3.8, 4) is 0 Å². The summed E-state index contributed by atoms with van der Waals surface area (Å²) < 4.78 is 37.5. The number of nitrogens with zero attached hydrogens (tertiary/aromatic N) is 1. The predicted molar refractivity (Wildman–Crippen MR) is 67.6 cm³/mol. The van der Waals surface area contributed by atoms with E-state index in [1.807, 2.05) is 6.92 Å². The average Bonchev–Trinajstić information content (AvgIpc) is 2.31.